The molecule has 0 bridgehead atoms. The van der Waals surface area contributed by atoms with Crippen molar-refractivity contribution in [2.45, 2.75) is 6.10 Å². The molecule has 6 nitrogen and oxygen atoms in total. The number of hydrogen-bond acceptors (Lipinski definition) is 6. The molecule has 0 aromatic carbocycles. The number of nitrogens with two attached hydrogens (primary N) is 1. The molecule has 2 atom stereocenters. The van der Waals surface area contributed by atoms with Crippen LogP contribution in [0.3, 0.4) is 0 Å². The smallest absolute Gasteiger partial charge is 0.268 e. The molecule has 1 fully saturated rings. The predicted molar refractivity (Wildman–Crippen MR) is 56.4 cm³/mol. The lowest BCUT2D eigenvalue weighted by atomic mass is 10.0. The average molecular weight is 239 g/mol. The fraction of sp³-hybridized carbons (Fsp3) is 0.444. The van der Waals surface area contributed by atoms with E-state index in [4.69, 9.17) is 15.3 Å². The summed E-state index contributed by atoms with van der Waals surface area (Å²) < 4.78 is 5.30. The highest BCUT2D eigenvalue weighted by atomic mass is 32.1. The zero-order valence-corrected chi connectivity index (χ0v) is 9.07. The normalized spacial score (nSPS) is 27.4. The summed E-state index contributed by atoms with van der Waals surface area (Å²) in [4.78, 5) is 20.3. The van der Waals surface area contributed by atoms with Crippen molar-refractivity contribution >= 4 is 23.0 Å². The Bertz CT molecular complexity index is 470. The van der Waals surface area contributed by atoms with Crippen LogP contribution >= 0.6 is 11.3 Å². The van der Waals surface area contributed by atoms with Gasteiger partial charge in [0.05, 0.1) is 19.1 Å². The summed E-state index contributed by atoms with van der Waals surface area (Å²) >= 11 is 1.35. The lowest BCUT2D eigenvalue weighted by Crippen LogP contribution is -2.22. The van der Waals surface area contributed by atoms with Crippen molar-refractivity contribution in [1.29, 1.82) is 0 Å². The van der Waals surface area contributed by atoms with Gasteiger partial charge in [0.1, 0.15) is 16.4 Å². The molecule has 1 amide bonds. The van der Waals surface area contributed by atoms with Gasteiger partial charge in [-0.2, -0.15) is 0 Å². The van der Waals surface area contributed by atoms with Gasteiger partial charge in [-0.05, 0) is 0 Å². The van der Waals surface area contributed by atoms with Crippen LogP contribution in [-0.2, 0) is 9.57 Å². The highest BCUT2D eigenvalue weighted by molar-refractivity contribution is 7.12. The summed E-state index contributed by atoms with van der Waals surface area (Å²) in [6, 6.07) is 0. The molecule has 1 saturated heterocycles. The molecule has 84 valence electrons. The Hall–Kier alpha value is -1.47. The number of fused-ring (bicyclic) bond motifs is 1. The molecule has 2 N–H and O–H groups in total. The second-order valence-electron chi connectivity index (χ2n) is 3.67. The van der Waals surface area contributed by atoms with Gasteiger partial charge in [0.2, 0.25) is 0 Å². The van der Waals surface area contributed by atoms with Gasteiger partial charge in [-0.25, -0.2) is 4.98 Å². The third-order valence-electron chi connectivity index (χ3n) is 2.64. The first-order chi connectivity index (χ1) is 7.75. The van der Waals surface area contributed by atoms with E-state index >= 15 is 0 Å². The third-order valence-corrected chi connectivity index (χ3v) is 3.51. The molecule has 3 rings (SSSR count). The molecule has 1 aromatic rings. The summed E-state index contributed by atoms with van der Waals surface area (Å²) in [6.45, 7) is 1.15. The largest absolute Gasteiger partial charge is 0.389 e. The standard InChI is InChI=1S/C9H9N3O3S/c10-8(13)5-3-16-9(11-5)7-4-1-14-2-6(4)15-12-7/h3-4,6H,1-2H2,(H2,10,13). The van der Waals surface area contributed by atoms with Crippen LogP contribution in [0.2, 0.25) is 0 Å². The minimum absolute atomic E-state index is 0.00377. The number of primary amides is 1. The van der Waals surface area contributed by atoms with Crippen LogP contribution in [0, 0.1) is 5.92 Å². The quantitative estimate of drug-likeness (QED) is 0.786. The number of thiazole rings is 1. The molecule has 0 aliphatic carbocycles. The van der Waals surface area contributed by atoms with Crippen LogP contribution in [-0.4, -0.2) is 35.9 Å². The van der Waals surface area contributed by atoms with E-state index in [1.807, 2.05) is 0 Å². The maximum Gasteiger partial charge on any atom is 0.268 e. The number of carbonyl (C=O) groups excluding carboxylic acids is 1. The number of amides is 1. The predicted octanol–water partition coefficient (Wildman–Crippen LogP) is -0.00870. The molecule has 3 heterocycles. The van der Waals surface area contributed by atoms with Gasteiger partial charge in [-0.3, -0.25) is 4.79 Å². The van der Waals surface area contributed by atoms with Gasteiger partial charge in [0.25, 0.3) is 5.91 Å². The van der Waals surface area contributed by atoms with Crippen LogP contribution < -0.4 is 5.73 Å². The number of rotatable bonds is 2. The number of hydrogen-bond donors (Lipinski definition) is 1. The number of aromatic nitrogens is 1. The average Bonchev–Trinajstić information content (AvgIpc) is 2.92. The fourth-order valence-corrected chi connectivity index (χ4v) is 2.64. The second kappa shape index (κ2) is 3.53. The van der Waals surface area contributed by atoms with E-state index in [-0.39, 0.29) is 17.7 Å². The van der Waals surface area contributed by atoms with Crippen molar-refractivity contribution in [2.24, 2.45) is 16.8 Å². The fourth-order valence-electron chi connectivity index (χ4n) is 1.79. The first kappa shape index (κ1) is 9.73. The molecule has 1 aromatic heterocycles. The number of nitrogens with zero attached hydrogens (tertiary/aromatic N) is 2. The Morgan fingerprint density at radius 2 is 2.44 bits per heavy atom. The molecule has 2 aliphatic rings. The molecule has 16 heavy (non-hydrogen) atoms. The minimum atomic E-state index is -0.527. The number of carbonyl (C=O) groups is 1. The van der Waals surface area contributed by atoms with E-state index in [9.17, 15) is 4.79 Å². The molecule has 0 saturated carbocycles. The Morgan fingerprint density at radius 1 is 1.56 bits per heavy atom. The number of oxime groups is 1. The SMILES string of the molecule is NC(=O)c1csc(C2=NOC3COCC23)n1. The van der Waals surface area contributed by atoms with E-state index in [0.717, 1.165) is 5.71 Å². The van der Waals surface area contributed by atoms with Crippen molar-refractivity contribution in [2.75, 3.05) is 13.2 Å². The van der Waals surface area contributed by atoms with Crippen molar-refractivity contribution in [3.05, 3.63) is 16.1 Å². The van der Waals surface area contributed by atoms with E-state index in [2.05, 4.69) is 10.1 Å². The molecule has 2 unspecified atom stereocenters. The van der Waals surface area contributed by atoms with E-state index in [1.54, 1.807) is 5.38 Å². The topological polar surface area (TPSA) is 86.8 Å². The lowest BCUT2D eigenvalue weighted by Gasteiger charge is -2.03. The van der Waals surface area contributed by atoms with Crippen molar-refractivity contribution in [1.82, 2.24) is 4.98 Å². The van der Waals surface area contributed by atoms with E-state index in [0.29, 0.717) is 18.2 Å². The van der Waals surface area contributed by atoms with Crippen LogP contribution in [0.5, 0.6) is 0 Å². The van der Waals surface area contributed by atoms with Crippen LogP contribution in [0.25, 0.3) is 0 Å². The van der Waals surface area contributed by atoms with E-state index in [1.165, 1.54) is 11.3 Å². The van der Waals surface area contributed by atoms with Crippen LogP contribution in [0.15, 0.2) is 10.5 Å². The number of ether oxygens (including phenoxy) is 1. The second-order valence-corrected chi connectivity index (χ2v) is 4.52. The van der Waals surface area contributed by atoms with Crippen LogP contribution in [0.1, 0.15) is 15.5 Å². The molecular formula is C9H9N3O3S. The molecule has 7 heteroatoms. The monoisotopic (exact) mass is 239 g/mol. The van der Waals surface area contributed by atoms with Gasteiger partial charge < -0.3 is 15.3 Å². The maximum atomic E-state index is 10.9. The summed E-state index contributed by atoms with van der Waals surface area (Å²) in [5, 5.41) is 6.31. The summed E-state index contributed by atoms with van der Waals surface area (Å²) in [5.41, 5.74) is 6.17. The first-order valence-corrected chi connectivity index (χ1v) is 5.71. The Morgan fingerprint density at radius 3 is 3.19 bits per heavy atom. The third kappa shape index (κ3) is 1.40. The summed E-state index contributed by atoms with van der Waals surface area (Å²) in [7, 11) is 0. The zero-order chi connectivity index (χ0) is 11.1. The van der Waals surface area contributed by atoms with Gasteiger partial charge >= 0.3 is 0 Å². The van der Waals surface area contributed by atoms with Crippen molar-refractivity contribution < 1.29 is 14.4 Å². The van der Waals surface area contributed by atoms with Crippen LogP contribution in [0.4, 0.5) is 0 Å². The van der Waals surface area contributed by atoms with E-state index < -0.39 is 5.91 Å². The van der Waals surface area contributed by atoms with Gasteiger partial charge in [-0.15, -0.1) is 11.3 Å². The highest BCUT2D eigenvalue weighted by Crippen LogP contribution is 2.29. The molecular weight excluding hydrogens is 230 g/mol. The Balaban J connectivity index is 1.89. The van der Waals surface area contributed by atoms with Crippen molar-refractivity contribution in [3.63, 3.8) is 0 Å². The van der Waals surface area contributed by atoms with Gasteiger partial charge in [-0.1, -0.05) is 5.16 Å². The van der Waals surface area contributed by atoms with Gasteiger partial charge in [0.15, 0.2) is 6.10 Å². The maximum absolute atomic E-state index is 10.9. The first-order valence-electron chi connectivity index (χ1n) is 4.83. The highest BCUT2D eigenvalue weighted by Gasteiger charge is 2.41. The molecule has 2 aliphatic heterocycles. The lowest BCUT2D eigenvalue weighted by molar-refractivity contribution is 0.0558. The summed E-state index contributed by atoms with van der Waals surface area (Å²) in [6.07, 6.45) is -0.00377. The van der Waals surface area contributed by atoms with Gasteiger partial charge in [0, 0.05) is 5.38 Å². The Kier molecular flexibility index (Phi) is 2.15. The zero-order valence-electron chi connectivity index (χ0n) is 8.25. The summed E-state index contributed by atoms with van der Waals surface area (Å²) in [5.74, 6) is -0.395. The molecule has 0 spiro atoms. The molecule has 0 radical (unpaired) electrons. The minimum Gasteiger partial charge on any atom is -0.389 e. The Labute approximate surface area is 95.0 Å². The van der Waals surface area contributed by atoms with Crippen molar-refractivity contribution in [3.8, 4) is 0 Å².